The van der Waals surface area contributed by atoms with Crippen molar-refractivity contribution in [3.63, 3.8) is 0 Å². The van der Waals surface area contributed by atoms with Gasteiger partial charge in [-0.3, -0.25) is 4.79 Å². The maximum atomic E-state index is 12.2. The summed E-state index contributed by atoms with van der Waals surface area (Å²) in [7, 11) is 0. The lowest BCUT2D eigenvalue weighted by Crippen LogP contribution is -2.43. The number of rotatable bonds is 5. The quantitative estimate of drug-likeness (QED) is 0.820. The molecule has 3 N–H and O–H groups in total. The van der Waals surface area contributed by atoms with Crippen molar-refractivity contribution in [2.75, 3.05) is 18.5 Å². The van der Waals surface area contributed by atoms with Crippen LogP contribution in [0.25, 0.3) is 0 Å². The summed E-state index contributed by atoms with van der Waals surface area (Å²) in [5.74, 6) is -2.59. The maximum Gasteiger partial charge on any atom is 0.288 e. The predicted octanol–water partition coefficient (Wildman–Crippen LogP) is 2.69. The first kappa shape index (κ1) is 16.2. The van der Waals surface area contributed by atoms with Crippen LogP contribution in [0.3, 0.4) is 0 Å². The minimum absolute atomic E-state index is 0.118. The monoisotopic (exact) mass is 316 g/mol. The van der Waals surface area contributed by atoms with Gasteiger partial charge in [-0.2, -0.15) is 8.78 Å². The molecule has 1 aromatic rings. The molecule has 1 fully saturated rings. The molecule has 0 aromatic heterocycles. The summed E-state index contributed by atoms with van der Waals surface area (Å²) in [4.78, 5) is 12.5. The van der Waals surface area contributed by atoms with E-state index in [-0.39, 0.29) is 11.8 Å². The van der Waals surface area contributed by atoms with Gasteiger partial charge in [-0.15, -0.1) is 0 Å². The van der Waals surface area contributed by atoms with Gasteiger partial charge in [0.2, 0.25) is 5.91 Å². The van der Waals surface area contributed by atoms with Crippen molar-refractivity contribution < 1.29 is 18.3 Å². The molecule has 0 saturated carbocycles. The average molecular weight is 316 g/mol. The number of alkyl halides is 2. The highest BCUT2D eigenvalue weighted by Crippen LogP contribution is 2.26. The maximum absolute atomic E-state index is 12.2. The highest BCUT2D eigenvalue weighted by molar-refractivity contribution is 7.99. The molecular weight excluding hydrogens is 298 g/mol. The number of thioether (sulfide) groups is 1. The van der Waals surface area contributed by atoms with Crippen LogP contribution in [0.1, 0.15) is 12.8 Å². The highest BCUT2D eigenvalue weighted by atomic mass is 32.2. The number of anilines is 1. The molecule has 1 saturated heterocycles. The molecular formula is C14H18F2N2O2S. The van der Waals surface area contributed by atoms with E-state index in [4.69, 9.17) is 10.5 Å². The van der Waals surface area contributed by atoms with Crippen molar-refractivity contribution in [3.05, 3.63) is 24.3 Å². The third-order valence-electron chi connectivity index (χ3n) is 3.42. The van der Waals surface area contributed by atoms with E-state index in [0.717, 1.165) is 12.8 Å². The van der Waals surface area contributed by atoms with E-state index in [2.05, 4.69) is 5.32 Å². The molecule has 1 aromatic carbocycles. The van der Waals surface area contributed by atoms with Gasteiger partial charge in [0, 0.05) is 23.8 Å². The number of nitrogens with one attached hydrogen (secondary N) is 1. The van der Waals surface area contributed by atoms with Crippen molar-refractivity contribution in [2.24, 2.45) is 11.7 Å². The summed E-state index contributed by atoms with van der Waals surface area (Å²) in [6.07, 6.45) is 1.55. The van der Waals surface area contributed by atoms with Crippen LogP contribution in [-0.4, -0.2) is 30.9 Å². The van der Waals surface area contributed by atoms with Gasteiger partial charge in [-0.05, 0) is 43.0 Å². The number of hydrogen-bond acceptors (Lipinski definition) is 4. The van der Waals surface area contributed by atoms with Crippen LogP contribution in [0.2, 0.25) is 0 Å². The van der Waals surface area contributed by atoms with Crippen LogP contribution in [0.4, 0.5) is 14.5 Å². The number of amides is 1. The Morgan fingerprint density at radius 1 is 1.29 bits per heavy atom. The number of carbonyl (C=O) groups is 1. The summed E-state index contributed by atoms with van der Waals surface area (Å²) >= 11 is 0.470. The first-order chi connectivity index (χ1) is 10.1. The fraction of sp³-hybridized carbons (Fsp3) is 0.500. The molecule has 2 rings (SSSR count). The zero-order valence-electron chi connectivity index (χ0n) is 11.4. The number of ether oxygens (including phenoxy) is 1. The van der Waals surface area contributed by atoms with Crippen LogP contribution in [0.15, 0.2) is 29.2 Å². The van der Waals surface area contributed by atoms with Gasteiger partial charge < -0.3 is 15.8 Å². The summed E-state index contributed by atoms with van der Waals surface area (Å²) in [6, 6.07) is 5.71. The Balaban J connectivity index is 1.89. The fourth-order valence-electron chi connectivity index (χ4n) is 2.23. The molecule has 1 atom stereocenters. The molecule has 4 nitrogen and oxygen atoms in total. The van der Waals surface area contributed by atoms with Gasteiger partial charge in [-0.1, -0.05) is 11.8 Å². The molecule has 0 aliphatic carbocycles. The summed E-state index contributed by atoms with van der Waals surface area (Å²) < 4.78 is 29.7. The lowest BCUT2D eigenvalue weighted by atomic mass is 9.92. The molecule has 0 bridgehead atoms. The van der Waals surface area contributed by atoms with Crippen molar-refractivity contribution in [3.8, 4) is 0 Å². The summed E-state index contributed by atoms with van der Waals surface area (Å²) in [6.45, 7) is 1.26. The minimum Gasteiger partial charge on any atom is -0.381 e. The Hall–Kier alpha value is -1.18. The van der Waals surface area contributed by atoms with Crippen LogP contribution >= 0.6 is 11.8 Å². The number of halogens is 2. The molecule has 1 aliphatic rings. The zero-order chi connectivity index (χ0) is 15.2. The van der Waals surface area contributed by atoms with E-state index in [0.29, 0.717) is 35.6 Å². The van der Waals surface area contributed by atoms with Gasteiger partial charge in [-0.25, -0.2) is 0 Å². The highest BCUT2D eigenvalue weighted by Gasteiger charge is 2.26. The SMILES string of the molecule is NC(C(=O)Nc1ccc(SC(F)F)cc1)C1CCOCC1. The van der Waals surface area contributed by atoms with Crippen molar-refractivity contribution in [2.45, 2.75) is 29.5 Å². The van der Waals surface area contributed by atoms with E-state index in [1.54, 1.807) is 24.3 Å². The van der Waals surface area contributed by atoms with Gasteiger partial charge in [0.15, 0.2) is 0 Å². The number of hydrogen-bond donors (Lipinski definition) is 2. The van der Waals surface area contributed by atoms with Crippen LogP contribution < -0.4 is 11.1 Å². The molecule has 7 heteroatoms. The van der Waals surface area contributed by atoms with Gasteiger partial charge in [0.05, 0.1) is 6.04 Å². The topological polar surface area (TPSA) is 64.4 Å². The van der Waals surface area contributed by atoms with Crippen LogP contribution in [0.5, 0.6) is 0 Å². The Labute approximate surface area is 126 Å². The third-order valence-corrected chi connectivity index (χ3v) is 4.15. The molecule has 21 heavy (non-hydrogen) atoms. The first-order valence-electron chi connectivity index (χ1n) is 6.75. The lowest BCUT2D eigenvalue weighted by Gasteiger charge is -2.26. The fourth-order valence-corrected chi connectivity index (χ4v) is 2.73. The lowest BCUT2D eigenvalue weighted by molar-refractivity contribution is -0.119. The van der Waals surface area contributed by atoms with E-state index in [1.807, 2.05) is 0 Å². The van der Waals surface area contributed by atoms with E-state index in [1.165, 1.54) is 0 Å². The largest absolute Gasteiger partial charge is 0.381 e. The molecule has 116 valence electrons. The second-order valence-electron chi connectivity index (χ2n) is 4.87. The van der Waals surface area contributed by atoms with E-state index in [9.17, 15) is 13.6 Å². The number of carbonyl (C=O) groups excluding carboxylic acids is 1. The van der Waals surface area contributed by atoms with Crippen molar-refractivity contribution >= 4 is 23.4 Å². The summed E-state index contributed by atoms with van der Waals surface area (Å²) in [5.41, 5.74) is 6.52. The van der Waals surface area contributed by atoms with Crippen molar-refractivity contribution in [1.82, 2.24) is 0 Å². The molecule has 1 aliphatic heterocycles. The predicted molar refractivity (Wildman–Crippen MR) is 78.5 cm³/mol. The zero-order valence-corrected chi connectivity index (χ0v) is 12.2. The normalized spacial score (nSPS) is 17.7. The molecule has 1 unspecified atom stereocenters. The minimum atomic E-state index is -2.45. The Morgan fingerprint density at radius 3 is 2.48 bits per heavy atom. The van der Waals surface area contributed by atoms with Gasteiger partial charge >= 0.3 is 0 Å². The van der Waals surface area contributed by atoms with Gasteiger partial charge in [0.1, 0.15) is 0 Å². The van der Waals surface area contributed by atoms with E-state index < -0.39 is 11.8 Å². The van der Waals surface area contributed by atoms with Crippen molar-refractivity contribution in [1.29, 1.82) is 0 Å². The summed E-state index contributed by atoms with van der Waals surface area (Å²) in [5, 5.41) is 2.72. The Morgan fingerprint density at radius 2 is 1.90 bits per heavy atom. The number of nitrogens with two attached hydrogens (primary N) is 1. The smallest absolute Gasteiger partial charge is 0.288 e. The van der Waals surface area contributed by atoms with E-state index >= 15 is 0 Å². The molecule has 0 spiro atoms. The molecule has 1 heterocycles. The standard InChI is InChI=1S/C14H18F2N2O2S/c15-14(16)21-11-3-1-10(2-4-11)18-13(19)12(17)9-5-7-20-8-6-9/h1-4,9,12,14H,5-8,17H2,(H,18,19). The van der Waals surface area contributed by atoms with Crippen LogP contribution in [-0.2, 0) is 9.53 Å². The second-order valence-corrected chi connectivity index (χ2v) is 5.93. The number of benzene rings is 1. The molecule has 0 radical (unpaired) electrons. The Bertz CT molecular complexity index is 465. The first-order valence-corrected chi connectivity index (χ1v) is 7.63. The Kier molecular flexibility index (Phi) is 5.96. The second kappa shape index (κ2) is 7.72. The average Bonchev–Trinajstić information content (AvgIpc) is 2.49. The molecule has 1 amide bonds. The van der Waals surface area contributed by atoms with Crippen LogP contribution in [0, 0.1) is 5.92 Å². The van der Waals surface area contributed by atoms with Gasteiger partial charge in [0.25, 0.3) is 5.76 Å². The third kappa shape index (κ3) is 4.94.